The second kappa shape index (κ2) is 3.55. The maximum atomic E-state index is 11.2. The van der Waals surface area contributed by atoms with Gasteiger partial charge in [0.1, 0.15) is 4.88 Å². The zero-order valence-electron chi connectivity index (χ0n) is 8.82. The van der Waals surface area contributed by atoms with Crippen molar-refractivity contribution in [3.63, 3.8) is 0 Å². The van der Waals surface area contributed by atoms with Gasteiger partial charge in [-0.15, -0.1) is 11.3 Å². The van der Waals surface area contributed by atoms with Crippen LogP contribution in [0.4, 0.5) is 0 Å². The Morgan fingerprint density at radius 3 is 2.81 bits per heavy atom. The van der Waals surface area contributed by atoms with Crippen molar-refractivity contribution in [1.82, 2.24) is 5.32 Å². The normalized spacial score (nSPS) is 24.2. The van der Waals surface area contributed by atoms with Crippen LogP contribution < -0.4 is 11.1 Å². The standard InChI is InChI=1S/C11H14N2O2S/c12-6-3-13-4-7-9(6)8(5-1-2-5)10(16-7)11(14)15/h5-6,13H,1-4,12H2,(H,14,15). The van der Waals surface area contributed by atoms with Gasteiger partial charge in [-0.25, -0.2) is 4.79 Å². The number of fused-ring (bicyclic) bond motifs is 1. The SMILES string of the molecule is NC1CNCc2sc(C(=O)O)c(C3CC3)c21. The van der Waals surface area contributed by atoms with Gasteiger partial charge in [0.2, 0.25) is 0 Å². The number of hydrogen-bond donors (Lipinski definition) is 3. The van der Waals surface area contributed by atoms with Gasteiger partial charge in [-0.2, -0.15) is 0 Å². The van der Waals surface area contributed by atoms with Crippen molar-refractivity contribution >= 4 is 17.3 Å². The summed E-state index contributed by atoms with van der Waals surface area (Å²) in [7, 11) is 0. The maximum absolute atomic E-state index is 11.2. The summed E-state index contributed by atoms with van der Waals surface area (Å²) in [6.07, 6.45) is 2.23. The zero-order chi connectivity index (χ0) is 11.3. The van der Waals surface area contributed by atoms with Crippen LogP contribution in [0, 0.1) is 0 Å². The second-order valence-corrected chi connectivity index (χ2v) is 5.60. The molecule has 16 heavy (non-hydrogen) atoms. The molecule has 86 valence electrons. The summed E-state index contributed by atoms with van der Waals surface area (Å²) >= 11 is 1.40. The molecule has 1 aromatic heterocycles. The van der Waals surface area contributed by atoms with Gasteiger partial charge in [0.15, 0.2) is 0 Å². The highest BCUT2D eigenvalue weighted by atomic mass is 32.1. The summed E-state index contributed by atoms with van der Waals surface area (Å²) in [4.78, 5) is 12.9. The first-order valence-corrected chi connectivity index (χ1v) is 6.35. The number of thiophene rings is 1. The molecule has 0 amide bonds. The van der Waals surface area contributed by atoms with E-state index in [1.165, 1.54) is 11.3 Å². The minimum atomic E-state index is -0.798. The van der Waals surface area contributed by atoms with E-state index in [-0.39, 0.29) is 6.04 Å². The minimum Gasteiger partial charge on any atom is -0.477 e. The molecule has 1 fully saturated rings. The zero-order valence-corrected chi connectivity index (χ0v) is 9.64. The van der Waals surface area contributed by atoms with Crippen LogP contribution in [0.25, 0.3) is 0 Å². The van der Waals surface area contributed by atoms with E-state index in [4.69, 9.17) is 5.73 Å². The molecule has 4 nitrogen and oxygen atoms in total. The van der Waals surface area contributed by atoms with Crippen molar-refractivity contribution in [2.45, 2.75) is 31.3 Å². The monoisotopic (exact) mass is 238 g/mol. The first-order chi connectivity index (χ1) is 7.68. The number of nitrogens with two attached hydrogens (primary N) is 1. The molecule has 4 N–H and O–H groups in total. The van der Waals surface area contributed by atoms with Crippen LogP contribution in [0.2, 0.25) is 0 Å². The summed E-state index contributed by atoms with van der Waals surface area (Å²) in [6.45, 7) is 1.52. The Hall–Kier alpha value is -0.910. The van der Waals surface area contributed by atoms with E-state index in [0.717, 1.165) is 41.9 Å². The highest BCUT2D eigenvalue weighted by Crippen LogP contribution is 2.48. The van der Waals surface area contributed by atoms with Gasteiger partial charge in [0.25, 0.3) is 0 Å². The van der Waals surface area contributed by atoms with E-state index < -0.39 is 5.97 Å². The van der Waals surface area contributed by atoms with E-state index in [2.05, 4.69) is 5.32 Å². The molecular weight excluding hydrogens is 224 g/mol. The molecule has 1 aromatic rings. The highest BCUT2D eigenvalue weighted by Gasteiger charge is 2.36. The molecule has 2 aliphatic rings. The van der Waals surface area contributed by atoms with E-state index in [9.17, 15) is 9.90 Å². The van der Waals surface area contributed by atoms with Crippen molar-refractivity contribution in [1.29, 1.82) is 0 Å². The van der Waals surface area contributed by atoms with Crippen LogP contribution >= 0.6 is 11.3 Å². The van der Waals surface area contributed by atoms with Crippen molar-refractivity contribution in [3.05, 3.63) is 20.9 Å². The molecule has 0 radical (unpaired) electrons. The molecule has 0 saturated heterocycles. The number of carboxylic acid groups (broad SMARTS) is 1. The Morgan fingerprint density at radius 1 is 1.44 bits per heavy atom. The number of carbonyl (C=O) groups is 1. The Balaban J connectivity index is 2.16. The quantitative estimate of drug-likeness (QED) is 0.728. The number of hydrogen-bond acceptors (Lipinski definition) is 4. The summed E-state index contributed by atoms with van der Waals surface area (Å²) in [5.74, 6) is -0.344. The number of carboxylic acids is 1. The lowest BCUT2D eigenvalue weighted by Crippen LogP contribution is -2.32. The molecule has 0 bridgehead atoms. The average Bonchev–Trinajstić information content (AvgIpc) is 2.99. The molecule has 5 heteroatoms. The fourth-order valence-electron chi connectivity index (χ4n) is 2.42. The molecule has 0 spiro atoms. The van der Waals surface area contributed by atoms with Gasteiger partial charge in [-0.05, 0) is 29.9 Å². The Morgan fingerprint density at radius 2 is 2.19 bits per heavy atom. The van der Waals surface area contributed by atoms with Gasteiger partial charge in [0.05, 0.1) is 0 Å². The lowest BCUT2D eigenvalue weighted by molar-refractivity contribution is 0.0701. The van der Waals surface area contributed by atoms with Crippen LogP contribution in [0.1, 0.15) is 50.5 Å². The summed E-state index contributed by atoms with van der Waals surface area (Å²) < 4.78 is 0. The third-order valence-electron chi connectivity index (χ3n) is 3.26. The van der Waals surface area contributed by atoms with Crippen molar-refractivity contribution in [2.75, 3.05) is 6.54 Å². The summed E-state index contributed by atoms with van der Waals surface area (Å²) in [6, 6.07) is -0.0382. The molecule has 2 heterocycles. The summed E-state index contributed by atoms with van der Waals surface area (Å²) in [5, 5.41) is 12.4. The fraction of sp³-hybridized carbons (Fsp3) is 0.545. The van der Waals surface area contributed by atoms with Crippen molar-refractivity contribution in [2.24, 2.45) is 5.73 Å². The van der Waals surface area contributed by atoms with Crippen LogP contribution in [0.15, 0.2) is 0 Å². The van der Waals surface area contributed by atoms with E-state index in [1.807, 2.05) is 0 Å². The lowest BCUT2D eigenvalue weighted by atomic mass is 9.95. The average molecular weight is 238 g/mol. The summed E-state index contributed by atoms with van der Waals surface area (Å²) in [5.41, 5.74) is 8.25. The molecule has 1 atom stereocenters. The molecule has 3 rings (SSSR count). The third kappa shape index (κ3) is 1.47. The first kappa shape index (κ1) is 10.3. The molecule has 0 aromatic carbocycles. The fourth-order valence-corrected chi connectivity index (χ4v) is 3.69. The Kier molecular flexibility index (Phi) is 2.27. The molecule has 1 aliphatic heterocycles. The Labute approximate surface area is 97.5 Å². The first-order valence-electron chi connectivity index (χ1n) is 5.53. The van der Waals surface area contributed by atoms with Crippen LogP contribution in [-0.4, -0.2) is 17.6 Å². The molecule has 1 aliphatic carbocycles. The van der Waals surface area contributed by atoms with Gasteiger partial charge < -0.3 is 16.2 Å². The van der Waals surface area contributed by atoms with Crippen molar-refractivity contribution in [3.8, 4) is 0 Å². The third-order valence-corrected chi connectivity index (χ3v) is 4.47. The van der Waals surface area contributed by atoms with E-state index in [0.29, 0.717) is 10.8 Å². The number of rotatable bonds is 2. The lowest BCUT2D eigenvalue weighted by Gasteiger charge is -2.21. The molecule has 1 saturated carbocycles. The van der Waals surface area contributed by atoms with Crippen molar-refractivity contribution < 1.29 is 9.90 Å². The van der Waals surface area contributed by atoms with E-state index in [1.54, 1.807) is 0 Å². The smallest absolute Gasteiger partial charge is 0.346 e. The minimum absolute atomic E-state index is 0.0382. The predicted octanol–water partition coefficient (Wildman–Crippen LogP) is 1.43. The highest BCUT2D eigenvalue weighted by molar-refractivity contribution is 7.14. The van der Waals surface area contributed by atoms with Gasteiger partial charge in [-0.1, -0.05) is 0 Å². The number of aromatic carboxylic acids is 1. The van der Waals surface area contributed by atoms with E-state index >= 15 is 0 Å². The molecule has 1 unspecified atom stereocenters. The maximum Gasteiger partial charge on any atom is 0.346 e. The second-order valence-electron chi connectivity index (χ2n) is 4.50. The van der Waals surface area contributed by atoms with Crippen LogP contribution in [0.3, 0.4) is 0 Å². The Bertz CT molecular complexity index is 451. The molecular formula is C11H14N2O2S. The van der Waals surface area contributed by atoms with Crippen LogP contribution in [-0.2, 0) is 6.54 Å². The largest absolute Gasteiger partial charge is 0.477 e. The van der Waals surface area contributed by atoms with Gasteiger partial charge in [-0.3, -0.25) is 0 Å². The van der Waals surface area contributed by atoms with Gasteiger partial charge >= 0.3 is 5.97 Å². The van der Waals surface area contributed by atoms with Gasteiger partial charge in [0, 0.05) is 24.0 Å². The predicted molar refractivity (Wildman–Crippen MR) is 61.9 cm³/mol. The topological polar surface area (TPSA) is 75.3 Å². The number of nitrogens with one attached hydrogen (secondary N) is 1. The van der Waals surface area contributed by atoms with Crippen LogP contribution in [0.5, 0.6) is 0 Å².